The first-order chi connectivity index (χ1) is 10.0. The summed E-state index contributed by atoms with van der Waals surface area (Å²) in [6, 6.07) is 8.55. The Kier molecular flexibility index (Phi) is 4.64. The molecule has 21 heavy (non-hydrogen) atoms. The van der Waals surface area contributed by atoms with Crippen LogP contribution in [0.2, 0.25) is 0 Å². The molecule has 1 aromatic carbocycles. The van der Waals surface area contributed by atoms with Gasteiger partial charge < -0.3 is 20.5 Å². The van der Waals surface area contributed by atoms with Gasteiger partial charge in [-0.25, -0.2) is 9.78 Å². The summed E-state index contributed by atoms with van der Waals surface area (Å²) in [6.07, 6.45) is 0. The molecule has 0 atom stereocenters. The number of nitrogens with one attached hydrogen (secondary N) is 1. The first-order valence-corrected chi connectivity index (χ1v) is 6.80. The molecule has 0 aliphatic rings. The average Bonchev–Trinajstić information content (AvgIpc) is 2.49. The van der Waals surface area contributed by atoms with Gasteiger partial charge in [-0.1, -0.05) is 0 Å². The minimum absolute atomic E-state index is 0.182. The van der Waals surface area contributed by atoms with Gasteiger partial charge in [0.1, 0.15) is 5.75 Å². The van der Waals surface area contributed by atoms with Crippen LogP contribution in [-0.2, 0) is 4.74 Å². The Bertz CT molecular complexity index is 677. The second kappa shape index (κ2) is 6.45. The number of nitrogens with two attached hydrogens (primary N) is 1. The predicted molar refractivity (Wildman–Crippen MR) is 84.0 cm³/mol. The highest BCUT2D eigenvalue weighted by Crippen LogP contribution is 2.30. The molecule has 0 aliphatic carbocycles. The number of halogens is 1. The minimum Gasteiger partial charge on any atom is -0.496 e. The van der Waals surface area contributed by atoms with E-state index in [0.29, 0.717) is 17.3 Å². The Morgan fingerprint density at radius 2 is 2.05 bits per heavy atom. The summed E-state index contributed by atoms with van der Waals surface area (Å²) in [5.41, 5.74) is 7.22. The molecule has 3 N–H and O–H groups in total. The number of carbonyl (C=O) groups excluding carboxylic acids is 1. The zero-order valence-electron chi connectivity index (χ0n) is 11.5. The number of methoxy groups -OCH3 is 2. The number of benzene rings is 1. The highest BCUT2D eigenvalue weighted by Gasteiger charge is 2.11. The van der Waals surface area contributed by atoms with Crippen LogP contribution in [0.25, 0.3) is 0 Å². The highest BCUT2D eigenvalue weighted by atomic mass is 79.9. The fourth-order valence-electron chi connectivity index (χ4n) is 1.67. The van der Waals surface area contributed by atoms with Crippen molar-refractivity contribution in [1.82, 2.24) is 4.98 Å². The smallest absolute Gasteiger partial charge is 0.356 e. The number of hydrogen-bond donors (Lipinski definition) is 2. The standard InChI is InChI=1S/C14H14BrN3O3/c1-20-12-6-3-8(7-9(12)15)17-13-10(16)4-5-11(18-13)14(19)21-2/h3-7H,16H2,1-2H3,(H,17,18). The first kappa shape index (κ1) is 15.1. The number of anilines is 3. The van der Waals surface area contributed by atoms with E-state index in [4.69, 9.17) is 10.5 Å². The summed E-state index contributed by atoms with van der Waals surface area (Å²) < 4.78 is 10.6. The van der Waals surface area contributed by atoms with E-state index in [0.717, 1.165) is 10.2 Å². The normalized spacial score (nSPS) is 10.0. The third-order valence-electron chi connectivity index (χ3n) is 2.74. The molecule has 0 aliphatic heterocycles. The van der Waals surface area contributed by atoms with Crippen molar-refractivity contribution < 1.29 is 14.3 Å². The van der Waals surface area contributed by atoms with Crippen molar-refractivity contribution in [3.8, 4) is 5.75 Å². The van der Waals surface area contributed by atoms with Crippen LogP contribution in [0, 0.1) is 0 Å². The molecule has 0 spiro atoms. The Morgan fingerprint density at radius 1 is 1.29 bits per heavy atom. The SMILES string of the molecule is COC(=O)c1ccc(N)c(Nc2ccc(OC)c(Br)c2)n1. The fourth-order valence-corrected chi connectivity index (χ4v) is 2.21. The van der Waals surface area contributed by atoms with Gasteiger partial charge in [0.15, 0.2) is 11.5 Å². The van der Waals surface area contributed by atoms with E-state index in [2.05, 4.69) is 31.0 Å². The molecule has 0 fully saturated rings. The van der Waals surface area contributed by atoms with E-state index < -0.39 is 5.97 Å². The molecule has 0 unspecified atom stereocenters. The van der Waals surface area contributed by atoms with Crippen molar-refractivity contribution in [2.24, 2.45) is 0 Å². The van der Waals surface area contributed by atoms with E-state index in [-0.39, 0.29) is 5.69 Å². The quantitative estimate of drug-likeness (QED) is 0.823. The van der Waals surface area contributed by atoms with Crippen LogP contribution in [0.5, 0.6) is 5.75 Å². The maximum Gasteiger partial charge on any atom is 0.356 e. The van der Waals surface area contributed by atoms with Crippen molar-refractivity contribution in [3.63, 3.8) is 0 Å². The molecular weight excluding hydrogens is 338 g/mol. The number of hydrogen-bond acceptors (Lipinski definition) is 6. The van der Waals surface area contributed by atoms with Crippen LogP contribution in [0.1, 0.15) is 10.5 Å². The molecule has 0 bridgehead atoms. The molecule has 6 nitrogen and oxygen atoms in total. The summed E-state index contributed by atoms with van der Waals surface area (Å²) in [5, 5.41) is 3.05. The van der Waals surface area contributed by atoms with Crippen molar-refractivity contribution in [1.29, 1.82) is 0 Å². The fraction of sp³-hybridized carbons (Fsp3) is 0.143. The van der Waals surface area contributed by atoms with Gasteiger partial charge in [-0.2, -0.15) is 0 Å². The van der Waals surface area contributed by atoms with Crippen LogP contribution >= 0.6 is 15.9 Å². The second-order valence-corrected chi connectivity index (χ2v) is 4.95. The predicted octanol–water partition coefficient (Wildman–Crippen LogP) is 2.97. The Morgan fingerprint density at radius 3 is 2.67 bits per heavy atom. The summed E-state index contributed by atoms with van der Waals surface area (Å²) in [5.74, 6) is 0.578. The van der Waals surface area contributed by atoms with E-state index in [9.17, 15) is 4.79 Å². The largest absolute Gasteiger partial charge is 0.496 e. The van der Waals surface area contributed by atoms with Crippen molar-refractivity contribution in [2.75, 3.05) is 25.3 Å². The van der Waals surface area contributed by atoms with Crippen LogP contribution in [0.4, 0.5) is 17.2 Å². The maximum absolute atomic E-state index is 11.5. The number of nitrogens with zero attached hydrogens (tertiary/aromatic N) is 1. The lowest BCUT2D eigenvalue weighted by Crippen LogP contribution is -2.07. The van der Waals surface area contributed by atoms with E-state index in [1.54, 1.807) is 19.2 Å². The van der Waals surface area contributed by atoms with Crippen LogP contribution in [0.15, 0.2) is 34.8 Å². The molecule has 1 aromatic heterocycles. The zero-order valence-corrected chi connectivity index (χ0v) is 13.1. The second-order valence-electron chi connectivity index (χ2n) is 4.10. The summed E-state index contributed by atoms with van der Waals surface area (Å²) in [6.45, 7) is 0. The van der Waals surface area contributed by atoms with Crippen molar-refractivity contribution >= 4 is 39.1 Å². The average molecular weight is 352 g/mol. The van der Waals surface area contributed by atoms with Crippen LogP contribution < -0.4 is 15.8 Å². The summed E-state index contributed by atoms with van der Waals surface area (Å²) in [7, 11) is 2.89. The van der Waals surface area contributed by atoms with Gasteiger partial charge in [0.05, 0.1) is 24.4 Å². The number of carbonyl (C=O) groups is 1. The van der Waals surface area contributed by atoms with E-state index in [1.807, 2.05) is 12.1 Å². The van der Waals surface area contributed by atoms with Gasteiger partial charge in [0, 0.05) is 5.69 Å². The Hall–Kier alpha value is -2.28. The van der Waals surface area contributed by atoms with Crippen LogP contribution in [-0.4, -0.2) is 25.2 Å². The van der Waals surface area contributed by atoms with E-state index >= 15 is 0 Å². The Balaban J connectivity index is 2.30. The number of rotatable bonds is 4. The minimum atomic E-state index is -0.519. The zero-order chi connectivity index (χ0) is 15.4. The van der Waals surface area contributed by atoms with Gasteiger partial charge in [0.25, 0.3) is 0 Å². The number of pyridine rings is 1. The summed E-state index contributed by atoms with van der Waals surface area (Å²) >= 11 is 3.40. The highest BCUT2D eigenvalue weighted by molar-refractivity contribution is 9.10. The summed E-state index contributed by atoms with van der Waals surface area (Å²) in [4.78, 5) is 15.6. The number of ether oxygens (including phenoxy) is 2. The third kappa shape index (κ3) is 3.43. The van der Waals surface area contributed by atoms with Gasteiger partial charge in [0.2, 0.25) is 0 Å². The molecule has 2 aromatic rings. The molecule has 0 amide bonds. The molecule has 0 radical (unpaired) electrons. The molecule has 1 heterocycles. The van der Waals surface area contributed by atoms with Crippen molar-refractivity contribution in [3.05, 3.63) is 40.5 Å². The molecule has 7 heteroatoms. The molecule has 0 saturated carbocycles. The van der Waals surface area contributed by atoms with Gasteiger partial charge in [-0.15, -0.1) is 0 Å². The maximum atomic E-state index is 11.5. The van der Waals surface area contributed by atoms with Crippen molar-refractivity contribution in [2.45, 2.75) is 0 Å². The first-order valence-electron chi connectivity index (χ1n) is 6.00. The number of esters is 1. The molecule has 110 valence electrons. The lowest BCUT2D eigenvalue weighted by atomic mass is 10.2. The lowest BCUT2D eigenvalue weighted by Gasteiger charge is -2.11. The Labute approximate surface area is 130 Å². The van der Waals surface area contributed by atoms with Gasteiger partial charge >= 0.3 is 5.97 Å². The molecule has 0 saturated heterocycles. The van der Waals surface area contributed by atoms with E-state index in [1.165, 1.54) is 13.2 Å². The monoisotopic (exact) mass is 351 g/mol. The number of aromatic nitrogens is 1. The van der Waals surface area contributed by atoms with Gasteiger partial charge in [-0.3, -0.25) is 0 Å². The molecular formula is C14H14BrN3O3. The lowest BCUT2D eigenvalue weighted by molar-refractivity contribution is 0.0594. The van der Waals surface area contributed by atoms with Gasteiger partial charge in [-0.05, 0) is 46.3 Å². The number of nitrogen functional groups attached to an aromatic ring is 1. The topological polar surface area (TPSA) is 86.5 Å². The molecule has 2 rings (SSSR count). The van der Waals surface area contributed by atoms with Crippen LogP contribution in [0.3, 0.4) is 0 Å². The third-order valence-corrected chi connectivity index (χ3v) is 3.36.